The molecular weight excluding hydrogens is 430 g/mol. The number of pyridine rings is 2. The summed E-state index contributed by atoms with van der Waals surface area (Å²) in [5.41, 5.74) is 5.05. The van der Waals surface area contributed by atoms with Crippen molar-refractivity contribution in [3.05, 3.63) is 65.2 Å². The van der Waals surface area contributed by atoms with Crippen molar-refractivity contribution in [3.63, 3.8) is 0 Å². The van der Waals surface area contributed by atoms with E-state index in [1.165, 1.54) is 0 Å². The summed E-state index contributed by atoms with van der Waals surface area (Å²) in [4.78, 5) is 30.6. The number of rotatable bonds is 6. The van der Waals surface area contributed by atoms with Crippen molar-refractivity contribution >= 4 is 17.4 Å². The molecule has 1 amide bonds. The van der Waals surface area contributed by atoms with Gasteiger partial charge in [-0.3, -0.25) is 14.5 Å². The van der Waals surface area contributed by atoms with Crippen LogP contribution in [0.15, 0.2) is 47.8 Å². The van der Waals surface area contributed by atoms with Crippen LogP contribution >= 0.6 is 0 Å². The molecule has 1 saturated heterocycles. The smallest absolute Gasteiger partial charge is 0.244 e. The van der Waals surface area contributed by atoms with Crippen molar-refractivity contribution in [2.45, 2.75) is 40.0 Å². The molecule has 0 spiro atoms. The van der Waals surface area contributed by atoms with E-state index in [1.54, 1.807) is 4.68 Å². The molecule has 2 aliphatic rings. The van der Waals surface area contributed by atoms with Crippen LogP contribution in [0.4, 0.5) is 5.82 Å². The van der Waals surface area contributed by atoms with Gasteiger partial charge in [0.1, 0.15) is 12.4 Å². The van der Waals surface area contributed by atoms with Crippen LogP contribution in [0.2, 0.25) is 0 Å². The van der Waals surface area contributed by atoms with E-state index < -0.39 is 0 Å². The Kier molecular flexibility index (Phi) is 6.00. The van der Waals surface area contributed by atoms with Crippen LogP contribution in [0, 0.1) is 6.92 Å². The molecule has 9 nitrogen and oxygen atoms in total. The molecule has 9 heteroatoms. The number of carbonyl (C=O) groups excluding carboxylic acids is 1. The van der Waals surface area contributed by atoms with Gasteiger partial charge in [0.05, 0.1) is 24.1 Å². The van der Waals surface area contributed by atoms with Crippen molar-refractivity contribution in [2.75, 3.05) is 31.1 Å². The molecule has 2 aliphatic heterocycles. The summed E-state index contributed by atoms with van der Waals surface area (Å²) < 4.78 is 7.48. The second kappa shape index (κ2) is 9.24. The molecule has 0 radical (unpaired) electrons. The van der Waals surface area contributed by atoms with Gasteiger partial charge in [-0.25, -0.2) is 9.97 Å². The Morgan fingerprint density at radius 2 is 1.94 bits per heavy atom. The summed E-state index contributed by atoms with van der Waals surface area (Å²) in [7, 11) is 0. The number of hydrogen-bond donors (Lipinski definition) is 0. The molecule has 0 bridgehead atoms. The highest BCUT2D eigenvalue weighted by atomic mass is 16.5. The largest absolute Gasteiger partial charge is 0.475 e. The SMILES string of the molecule is Cc1ccn(CC(=O)N2CCN(c3cc(C4=NCc5cnc(OC(C)C)cc54)ccn3)CC2)n1. The van der Waals surface area contributed by atoms with Crippen LogP contribution in [0.5, 0.6) is 5.88 Å². The fourth-order valence-corrected chi connectivity index (χ4v) is 4.33. The molecule has 3 aromatic rings. The third kappa shape index (κ3) is 4.64. The minimum atomic E-state index is 0.0640. The van der Waals surface area contributed by atoms with E-state index >= 15 is 0 Å². The molecular formula is C25H29N7O2. The van der Waals surface area contributed by atoms with Crippen LogP contribution in [-0.2, 0) is 17.9 Å². The van der Waals surface area contributed by atoms with Gasteiger partial charge < -0.3 is 14.5 Å². The number of nitrogens with zero attached hydrogens (tertiary/aromatic N) is 7. The van der Waals surface area contributed by atoms with Gasteiger partial charge in [-0.1, -0.05) is 0 Å². The predicted molar refractivity (Wildman–Crippen MR) is 129 cm³/mol. The van der Waals surface area contributed by atoms with Crippen molar-refractivity contribution < 1.29 is 9.53 Å². The van der Waals surface area contributed by atoms with Crippen molar-refractivity contribution in [1.29, 1.82) is 0 Å². The number of aliphatic imine (C=N–C) groups is 1. The highest BCUT2D eigenvalue weighted by molar-refractivity contribution is 6.15. The van der Waals surface area contributed by atoms with Crippen LogP contribution in [0.1, 0.15) is 36.2 Å². The lowest BCUT2D eigenvalue weighted by molar-refractivity contribution is -0.132. The lowest BCUT2D eigenvalue weighted by Crippen LogP contribution is -2.49. The first-order valence-electron chi connectivity index (χ1n) is 11.7. The zero-order valence-corrected chi connectivity index (χ0v) is 19.8. The summed E-state index contributed by atoms with van der Waals surface area (Å²) in [6.07, 6.45) is 5.59. The van der Waals surface area contributed by atoms with E-state index in [-0.39, 0.29) is 18.6 Å². The van der Waals surface area contributed by atoms with Gasteiger partial charge in [0.2, 0.25) is 11.8 Å². The number of anilines is 1. The molecule has 0 aliphatic carbocycles. The Hall–Kier alpha value is -3.75. The van der Waals surface area contributed by atoms with E-state index in [0.29, 0.717) is 25.5 Å². The van der Waals surface area contributed by atoms with Gasteiger partial charge in [-0.05, 0) is 39.0 Å². The molecule has 0 saturated carbocycles. The quantitative estimate of drug-likeness (QED) is 0.563. The Bertz CT molecular complexity index is 1230. The molecule has 5 rings (SSSR count). The van der Waals surface area contributed by atoms with Gasteiger partial charge >= 0.3 is 0 Å². The molecule has 0 aromatic carbocycles. The average Bonchev–Trinajstić information content (AvgIpc) is 3.44. The van der Waals surface area contributed by atoms with Crippen LogP contribution < -0.4 is 9.64 Å². The number of piperazine rings is 1. The average molecular weight is 460 g/mol. The molecule has 0 N–H and O–H groups in total. The number of aromatic nitrogens is 4. The lowest BCUT2D eigenvalue weighted by atomic mass is 10.0. The van der Waals surface area contributed by atoms with Crippen molar-refractivity contribution in [1.82, 2.24) is 24.6 Å². The highest BCUT2D eigenvalue weighted by Gasteiger charge is 2.24. The van der Waals surface area contributed by atoms with Gasteiger partial charge in [0.15, 0.2) is 0 Å². The van der Waals surface area contributed by atoms with Crippen molar-refractivity contribution in [2.24, 2.45) is 4.99 Å². The summed E-state index contributed by atoms with van der Waals surface area (Å²) in [6, 6.07) is 7.96. The number of amides is 1. The summed E-state index contributed by atoms with van der Waals surface area (Å²) >= 11 is 0. The standard InChI is InChI=1S/C25H29N7O2/c1-17(2)34-23-13-21-20(14-27-23)15-28-25(21)19-4-6-26-22(12-19)30-8-10-31(11-9-30)24(33)16-32-7-5-18(3)29-32/h4-7,12-14,17H,8-11,15-16H2,1-3H3. The molecule has 176 valence electrons. The van der Waals surface area contributed by atoms with Crippen molar-refractivity contribution in [3.8, 4) is 5.88 Å². The normalized spacial score (nSPS) is 15.5. The first-order chi connectivity index (χ1) is 16.5. The fraction of sp³-hybridized carbons (Fsp3) is 0.400. The molecule has 5 heterocycles. The van der Waals surface area contributed by atoms with E-state index in [9.17, 15) is 4.79 Å². The summed E-state index contributed by atoms with van der Waals surface area (Å²) in [5, 5.41) is 4.32. The third-order valence-corrected chi connectivity index (χ3v) is 6.03. The summed E-state index contributed by atoms with van der Waals surface area (Å²) in [6.45, 7) is 9.60. The highest BCUT2D eigenvalue weighted by Crippen LogP contribution is 2.27. The molecule has 1 fully saturated rings. The zero-order valence-electron chi connectivity index (χ0n) is 19.8. The Morgan fingerprint density at radius 1 is 1.12 bits per heavy atom. The minimum absolute atomic E-state index is 0.0640. The molecule has 34 heavy (non-hydrogen) atoms. The topological polar surface area (TPSA) is 88.7 Å². The number of fused-ring (bicyclic) bond motifs is 1. The molecule has 0 unspecified atom stereocenters. The second-order valence-electron chi connectivity index (χ2n) is 8.94. The third-order valence-electron chi connectivity index (χ3n) is 6.03. The number of hydrogen-bond acceptors (Lipinski definition) is 7. The minimum Gasteiger partial charge on any atom is -0.475 e. The maximum atomic E-state index is 12.7. The zero-order chi connectivity index (χ0) is 23.7. The van der Waals surface area contributed by atoms with Crippen LogP contribution in [0.3, 0.4) is 0 Å². The van der Waals surface area contributed by atoms with Gasteiger partial charge in [0, 0.05) is 67.5 Å². The first kappa shape index (κ1) is 22.1. The maximum absolute atomic E-state index is 12.7. The lowest BCUT2D eigenvalue weighted by Gasteiger charge is -2.35. The first-order valence-corrected chi connectivity index (χ1v) is 11.7. The maximum Gasteiger partial charge on any atom is 0.244 e. The number of carbonyl (C=O) groups is 1. The monoisotopic (exact) mass is 459 g/mol. The number of aryl methyl sites for hydroxylation is 1. The number of ether oxygens (including phenoxy) is 1. The van der Waals surface area contributed by atoms with Gasteiger partial charge in [-0.2, -0.15) is 5.10 Å². The van der Waals surface area contributed by atoms with E-state index in [4.69, 9.17) is 9.73 Å². The van der Waals surface area contributed by atoms with Crippen LogP contribution in [-0.4, -0.2) is 68.6 Å². The van der Waals surface area contributed by atoms with Gasteiger partial charge in [0.25, 0.3) is 0 Å². The Balaban J connectivity index is 1.26. The fourth-order valence-electron chi connectivity index (χ4n) is 4.33. The summed E-state index contributed by atoms with van der Waals surface area (Å²) in [5.74, 6) is 1.61. The van der Waals surface area contributed by atoms with Crippen LogP contribution in [0.25, 0.3) is 0 Å². The van der Waals surface area contributed by atoms with Gasteiger partial charge in [-0.15, -0.1) is 0 Å². The van der Waals surface area contributed by atoms with E-state index in [0.717, 1.165) is 47.0 Å². The van der Waals surface area contributed by atoms with E-state index in [2.05, 4.69) is 26.0 Å². The molecule has 0 atom stereocenters. The second-order valence-corrected chi connectivity index (χ2v) is 8.94. The van der Waals surface area contributed by atoms with E-state index in [1.807, 2.05) is 62.5 Å². The predicted octanol–water partition coefficient (Wildman–Crippen LogP) is 2.47. The Labute approximate surface area is 199 Å². The molecule has 3 aromatic heterocycles. The Morgan fingerprint density at radius 3 is 2.68 bits per heavy atom.